The van der Waals surface area contributed by atoms with Crippen LogP contribution in [-0.2, 0) is 0 Å². The summed E-state index contributed by atoms with van der Waals surface area (Å²) in [7, 11) is 0. The molecule has 0 saturated carbocycles. The fourth-order valence-electron chi connectivity index (χ4n) is 3.99. The van der Waals surface area contributed by atoms with E-state index in [0.717, 1.165) is 43.9 Å². The lowest BCUT2D eigenvalue weighted by molar-refractivity contribution is 0.0711. The zero-order chi connectivity index (χ0) is 25.1. The fourth-order valence-corrected chi connectivity index (χ4v) is 4.89. The third-order valence-electron chi connectivity index (χ3n) is 5.81. The van der Waals surface area contributed by atoms with E-state index < -0.39 is 5.91 Å². The van der Waals surface area contributed by atoms with Crippen LogP contribution in [-0.4, -0.2) is 27.7 Å². The van der Waals surface area contributed by atoms with Crippen LogP contribution in [0.4, 0.5) is 15.9 Å². The first-order chi connectivity index (χ1) is 17.5. The topological polar surface area (TPSA) is 96.4 Å². The lowest BCUT2D eigenvalue weighted by atomic mass is 10.1. The van der Waals surface area contributed by atoms with Gasteiger partial charge in [0.05, 0.1) is 10.4 Å². The Labute approximate surface area is 210 Å². The van der Waals surface area contributed by atoms with Gasteiger partial charge >= 0.3 is 0 Å². The van der Waals surface area contributed by atoms with Crippen molar-refractivity contribution in [3.8, 4) is 16.2 Å². The Balaban J connectivity index is 1.36. The van der Waals surface area contributed by atoms with Gasteiger partial charge < -0.3 is 10.1 Å². The first-order valence-electron chi connectivity index (χ1n) is 11.3. The highest BCUT2D eigenvalue weighted by atomic mass is 32.1. The number of hydrogen-bond acceptors (Lipinski definition) is 7. The Morgan fingerprint density at radius 1 is 1.17 bits per heavy atom. The molecule has 1 aliphatic rings. The van der Waals surface area contributed by atoms with E-state index in [-0.39, 0.29) is 5.83 Å². The SMILES string of the molecule is Cc1cc(Nc2ncnc3ccc(-c4ccc(C(=O)NO)s4)cc23)ccc1OCC1=CCCC(F)=C1. The number of ether oxygens (including phenoxy) is 1. The van der Waals surface area contributed by atoms with Crippen molar-refractivity contribution in [3.63, 3.8) is 0 Å². The van der Waals surface area contributed by atoms with Gasteiger partial charge in [0.1, 0.15) is 30.3 Å². The maximum Gasteiger partial charge on any atom is 0.284 e. The predicted molar refractivity (Wildman–Crippen MR) is 139 cm³/mol. The fraction of sp³-hybridized carbons (Fsp3) is 0.148. The number of benzene rings is 2. The van der Waals surface area contributed by atoms with Crippen molar-refractivity contribution in [3.05, 3.63) is 88.9 Å². The highest BCUT2D eigenvalue weighted by Crippen LogP contribution is 2.33. The van der Waals surface area contributed by atoms with E-state index in [4.69, 9.17) is 9.94 Å². The average Bonchev–Trinajstić information content (AvgIpc) is 3.38. The van der Waals surface area contributed by atoms with E-state index in [0.29, 0.717) is 30.1 Å². The van der Waals surface area contributed by atoms with Crippen molar-refractivity contribution >= 4 is 39.7 Å². The zero-order valence-electron chi connectivity index (χ0n) is 19.4. The molecule has 2 heterocycles. The van der Waals surface area contributed by atoms with Crippen LogP contribution in [0.5, 0.6) is 5.75 Å². The second kappa shape index (κ2) is 10.3. The van der Waals surface area contributed by atoms with Crippen LogP contribution in [0, 0.1) is 6.92 Å². The van der Waals surface area contributed by atoms with Gasteiger partial charge in [-0.15, -0.1) is 11.3 Å². The molecule has 0 unspecified atom stereocenters. The quantitative estimate of drug-likeness (QED) is 0.198. The summed E-state index contributed by atoms with van der Waals surface area (Å²) in [6.07, 6.45) is 6.21. The summed E-state index contributed by atoms with van der Waals surface area (Å²) in [5.74, 6) is 0.728. The van der Waals surface area contributed by atoms with Crippen LogP contribution < -0.4 is 15.5 Å². The summed E-state index contributed by atoms with van der Waals surface area (Å²) in [5.41, 5.74) is 5.97. The van der Waals surface area contributed by atoms with E-state index in [1.54, 1.807) is 17.6 Å². The highest BCUT2D eigenvalue weighted by Gasteiger charge is 2.12. The summed E-state index contributed by atoms with van der Waals surface area (Å²) in [4.78, 5) is 21.8. The van der Waals surface area contributed by atoms with Gasteiger partial charge in [0.2, 0.25) is 0 Å². The molecule has 182 valence electrons. The first-order valence-corrected chi connectivity index (χ1v) is 12.2. The number of fused-ring (bicyclic) bond motifs is 1. The third-order valence-corrected chi connectivity index (χ3v) is 6.95. The van der Waals surface area contributed by atoms with Gasteiger partial charge in [-0.2, -0.15) is 0 Å². The predicted octanol–water partition coefficient (Wildman–Crippen LogP) is 6.48. The Kier molecular flexibility index (Phi) is 6.75. The van der Waals surface area contributed by atoms with Crippen molar-refractivity contribution in [2.24, 2.45) is 0 Å². The Hall–Kier alpha value is -4.08. The molecule has 0 atom stereocenters. The summed E-state index contributed by atoms with van der Waals surface area (Å²) >= 11 is 1.28. The molecule has 2 aromatic heterocycles. The van der Waals surface area contributed by atoms with Crippen LogP contribution in [0.25, 0.3) is 21.3 Å². The number of nitrogens with zero attached hydrogens (tertiary/aromatic N) is 2. The number of anilines is 2. The monoisotopic (exact) mass is 502 g/mol. The van der Waals surface area contributed by atoms with Crippen molar-refractivity contribution in [2.75, 3.05) is 11.9 Å². The number of nitrogens with one attached hydrogen (secondary N) is 2. The Morgan fingerprint density at radius 3 is 2.86 bits per heavy atom. The van der Waals surface area contributed by atoms with Crippen molar-refractivity contribution < 1.29 is 19.1 Å². The normalized spacial score (nSPS) is 13.2. The summed E-state index contributed by atoms with van der Waals surface area (Å²) in [6.45, 7) is 2.28. The number of halogens is 1. The molecule has 0 spiro atoms. The second-order valence-corrected chi connectivity index (χ2v) is 9.45. The van der Waals surface area contributed by atoms with E-state index >= 15 is 0 Å². The molecular weight excluding hydrogens is 479 g/mol. The van der Waals surface area contributed by atoms with Gasteiger partial charge in [0, 0.05) is 22.4 Å². The number of aryl methyl sites for hydroxylation is 1. The number of hydroxylamine groups is 1. The molecule has 1 aliphatic carbocycles. The number of amides is 1. The maximum absolute atomic E-state index is 13.5. The molecule has 2 aromatic carbocycles. The largest absolute Gasteiger partial charge is 0.489 e. The van der Waals surface area contributed by atoms with Gasteiger partial charge in [-0.05, 0) is 78.6 Å². The number of carbonyl (C=O) groups is 1. The molecule has 0 fully saturated rings. The van der Waals surface area contributed by atoms with Gasteiger partial charge in [0.15, 0.2) is 0 Å². The van der Waals surface area contributed by atoms with Crippen LogP contribution in [0.1, 0.15) is 28.1 Å². The lowest BCUT2D eigenvalue weighted by Crippen LogP contribution is -2.16. The molecule has 0 saturated heterocycles. The third kappa shape index (κ3) is 5.12. The van der Waals surface area contributed by atoms with Gasteiger partial charge in [-0.3, -0.25) is 10.0 Å². The second-order valence-electron chi connectivity index (χ2n) is 8.36. The van der Waals surface area contributed by atoms with Crippen LogP contribution in [0.2, 0.25) is 0 Å². The van der Waals surface area contributed by atoms with Gasteiger partial charge in [-0.25, -0.2) is 19.8 Å². The first kappa shape index (κ1) is 23.7. The minimum absolute atomic E-state index is 0.109. The maximum atomic E-state index is 13.5. The van der Waals surface area contributed by atoms with E-state index in [1.165, 1.54) is 17.7 Å². The molecule has 3 N–H and O–H groups in total. The van der Waals surface area contributed by atoms with Crippen LogP contribution >= 0.6 is 11.3 Å². The standard InChI is InChI=1S/C27H23FN4O3S/c1-16-11-20(6-8-23(16)35-14-17-3-2-4-19(28)12-17)31-26-21-13-18(5-7-22(21)29-15-30-26)24-9-10-25(36-24)27(33)32-34/h3,5-13,15,34H,2,4,14H2,1H3,(H,32,33)(H,29,30,31). The lowest BCUT2D eigenvalue weighted by Gasteiger charge is -2.14. The summed E-state index contributed by atoms with van der Waals surface area (Å²) in [6, 6.07) is 15.1. The van der Waals surface area contributed by atoms with Crippen molar-refractivity contribution in [1.82, 2.24) is 15.4 Å². The number of hydrogen-bond donors (Lipinski definition) is 3. The minimum Gasteiger partial charge on any atom is -0.489 e. The number of carbonyl (C=O) groups excluding carboxylic acids is 1. The molecule has 4 aromatic rings. The highest BCUT2D eigenvalue weighted by molar-refractivity contribution is 7.17. The average molecular weight is 503 g/mol. The zero-order valence-corrected chi connectivity index (χ0v) is 20.2. The molecule has 1 amide bonds. The molecule has 5 rings (SSSR count). The van der Waals surface area contributed by atoms with Gasteiger partial charge in [-0.1, -0.05) is 12.1 Å². The molecule has 0 radical (unpaired) electrons. The van der Waals surface area contributed by atoms with Crippen molar-refractivity contribution in [1.29, 1.82) is 0 Å². The molecule has 9 heteroatoms. The molecule has 36 heavy (non-hydrogen) atoms. The molecule has 7 nitrogen and oxygen atoms in total. The van der Waals surface area contributed by atoms with Crippen molar-refractivity contribution in [2.45, 2.75) is 19.8 Å². The van der Waals surface area contributed by atoms with E-state index in [9.17, 15) is 9.18 Å². The number of thiophene rings is 1. The molecular formula is C27H23FN4O3S. The summed E-state index contributed by atoms with van der Waals surface area (Å²) < 4.78 is 19.4. The van der Waals surface area contributed by atoms with Crippen LogP contribution in [0.15, 0.2) is 78.4 Å². The number of allylic oxidation sites excluding steroid dienone is 2. The Morgan fingerprint density at radius 2 is 2.06 bits per heavy atom. The smallest absolute Gasteiger partial charge is 0.284 e. The number of aromatic nitrogens is 2. The number of rotatable bonds is 7. The van der Waals surface area contributed by atoms with E-state index in [1.807, 2.05) is 55.5 Å². The van der Waals surface area contributed by atoms with Gasteiger partial charge in [0.25, 0.3) is 5.91 Å². The molecule has 0 aliphatic heterocycles. The minimum atomic E-state index is -0.542. The Bertz CT molecular complexity index is 1510. The summed E-state index contributed by atoms with van der Waals surface area (Å²) in [5, 5.41) is 13.1. The van der Waals surface area contributed by atoms with Crippen LogP contribution in [0.3, 0.4) is 0 Å². The molecule has 0 bridgehead atoms. The van der Waals surface area contributed by atoms with E-state index in [2.05, 4.69) is 15.3 Å².